The summed E-state index contributed by atoms with van der Waals surface area (Å²) in [4.78, 5) is 82.3. The van der Waals surface area contributed by atoms with Crippen LogP contribution < -0.4 is 10.7 Å². The van der Waals surface area contributed by atoms with Crippen LogP contribution in [-0.4, -0.2) is 119 Å². The number of amides is 4. The lowest BCUT2D eigenvalue weighted by atomic mass is 9.84. The second-order valence-electron chi connectivity index (χ2n) is 17.5. The topological polar surface area (TPSA) is 179 Å². The molecule has 2 fully saturated rings. The first kappa shape index (κ1) is 46.9. The molecule has 4 amide bonds. The van der Waals surface area contributed by atoms with Crippen LogP contribution in [0, 0.1) is 29.1 Å². The summed E-state index contributed by atoms with van der Waals surface area (Å²) in [6.07, 6.45) is 4.46. The Labute approximate surface area is 373 Å². The first-order valence-corrected chi connectivity index (χ1v) is 22.5. The molecule has 4 atom stereocenters. The number of hydrogen-bond donors (Lipinski definition) is 3. The minimum absolute atomic E-state index is 0.141. The quantitative estimate of drug-likeness (QED) is 0.0930. The highest BCUT2D eigenvalue weighted by Gasteiger charge is 2.39. The van der Waals surface area contributed by atoms with E-state index in [4.69, 9.17) is 14.5 Å². The summed E-state index contributed by atoms with van der Waals surface area (Å²) in [5.74, 6) is 3.18. The van der Waals surface area contributed by atoms with Gasteiger partial charge in [0.25, 0.3) is 18.3 Å². The predicted octanol–water partition coefficient (Wildman–Crippen LogP) is 5.31. The Balaban J connectivity index is 1.29. The number of likely N-dealkylation sites (N-methyl/N-ethyl adjacent to an activating group) is 1. The molecule has 2 saturated heterocycles. The average Bonchev–Trinajstić information content (AvgIpc) is 4.04. The van der Waals surface area contributed by atoms with Gasteiger partial charge in [0.1, 0.15) is 12.1 Å². The summed E-state index contributed by atoms with van der Waals surface area (Å²) in [5.41, 5.74) is 8.94. The maximum Gasteiger partial charge on any atom is 0.298 e. The Bertz CT molecular complexity index is 2360. The average molecular weight is 881 g/mol. The van der Waals surface area contributed by atoms with Crippen molar-refractivity contribution in [2.24, 2.45) is 17.3 Å². The fourth-order valence-electron chi connectivity index (χ4n) is 8.59. The molecule has 0 saturated carbocycles. The Morgan fingerprint density at radius 1 is 1.14 bits per heavy atom. The van der Waals surface area contributed by atoms with Crippen LogP contribution in [0.4, 0.5) is 0 Å². The van der Waals surface area contributed by atoms with Crippen LogP contribution in [-0.2, 0) is 46.3 Å². The summed E-state index contributed by atoms with van der Waals surface area (Å²) in [6.45, 7) is 13.9. The molecule has 6 rings (SSSR count). The summed E-state index contributed by atoms with van der Waals surface area (Å²) in [6, 6.07) is 8.25. The third kappa shape index (κ3) is 10.9. The molecule has 3 aromatic heterocycles. The zero-order valence-corrected chi connectivity index (χ0v) is 38.4. The molecular weight excluding hydrogens is 821 g/mol. The van der Waals surface area contributed by atoms with Gasteiger partial charge < -0.3 is 29.6 Å². The monoisotopic (exact) mass is 880 g/mol. The van der Waals surface area contributed by atoms with Gasteiger partial charge in [-0.3, -0.25) is 34.0 Å². The normalized spacial score (nSPS) is 16.9. The second kappa shape index (κ2) is 20.7. The van der Waals surface area contributed by atoms with Crippen LogP contribution in [0.1, 0.15) is 83.2 Å². The van der Waals surface area contributed by atoms with E-state index in [9.17, 15) is 24.0 Å². The SMILES string of the molecule is CC#CC(=O)N1CC[C@H](C(=O)N(C)[C@H](C(=O)N[C@@H](Cc2nc(-c3ccc4[nH]c(-c5cccnc5[C@H](C)OC)c(CC(C)(C)COC=O)c4c3)cs2)C(=O)N2CCCCN2)C(C)C)C1. The van der Waals surface area contributed by atoms with Crippen molar-refractivity contribution in [1.29, 1.82) is 0 Å². The Hall–Kier alpha value is -5.63. The summed E-state index contributed by atoms with van der Waals surface area (Å²) in [5, 5.41) is 8.21. The van der Waals surface area contributed by atoms with Gasteiger partial charge in [0, 0.05) is 85.8 Å². The molecule has 2 aliphatic rings. The number of hydrazine groups is 1. The largest absolute Gasteiger partial charge is 0.467 e. The molecule has 336 valence electrons. The Morgan fingerprint density at radius 3 is 2.63 bits per heavy atom. The van der Waals surface area contributed by atoms with Crippen molar-refractivity contribution >= 4 is 52.3 Å². The number of nitrogens with one attached hydrogen (secondary N) is 3. The number of aromatic nitrogens is 3. The highest BCUT2D eigenvalue weighted by molar-refractivity contribution is 7.10. The van der Waals surface area contributed by atoms with E-state index in [0.717, 1.165) is 57.5 Å². The second-order valence-corrected chi connectivity index (χ2v) is 18.5. The van der Waals surface area contributed by atoms with Gasteiger partial charge in [-0.1, -0.05) is 39.7 Å². The number of rotatable bonds is 17. The molecule has 15 nitrogen and oxygen atoms in total. The summed E-state index contributed by atoms with van der Waals surface area (Å²) in [7, 11) is 3.27. The van der Waals surface area contributed by atoms with Gasteiger partial charge in [0.2, 0.25) is 11.8 Å². The lowest BCUT2D eigenvalue weighted by Crippen LogP contribution is -2.59. The number of hydrogen-bond acceptors (Lipinski definition) is 11. The lowest BCUT2D eigenvalue weighted by molar-refractivity contribution is -0.145. The molecule has 63 heavy (non-hydrogen) atoms. The minimum atomic E-state index is -0.959. The van der Waals surface area contributed by atoms with Crippen LogP contribution in [0.15, 0.2) is 41.9 Å². The van der Waals surface area contributed by atoms with Gasteiger partial charge in [-0.2, -0.15) is 0 Å². The molecule has 0 radical (unpaired) electrons. The van der Waals surface area contributed by atoms with E-state index in [1.54, 1.807) is 37.2 Å². The standard InChI is InChI=1S/C47H60N8O7S/c1-9-13-40(57)54-21-17-32(25-54)45(59)53(7)43(29(2)3)44(58)52-37(46(60)55-20-11-10-19-49-55)23-39-50-38(26-63-39)31-15-16-36-34(22-31)35(24-47(5,6)27-62-28-56)42(51-36)33-14-12-18-48-41(33)30(4)61-8/h12,14-16,18,22,26,28-30,32,37,43,49,51H,10-11,17,19-21,23-25,27H2,1-8H3,(H,52,58)/t30-,32-,37-,43-/m0/s1. The number of methoxy groups -OCH3 is 1. The number of H-pyrrole nitrogens is 1. The van der Waals surface area contributed by atoms with Gasteiger partial charge in [0.05, 0.1) is 40.7 Å². The van der Waals surface area contributed by atoms with Gasteiger partial charge >= 0.3 is 0 Å². The lowest BCUT2D eigenvalue weighted by Gasteiger charge is -2.35. The third-order valence-corrected chi connectivity index (χ3v) is 12.8. The van der Waals surface area contributed by atoms with E-state index in [-0.39, 0.29) is 49.3 Å². The van der Waals surface area contributed by atoms with Gasteiger partial charge in [-0.15, -0.1) is 11.3 Å². The molecule has 16 heteroatoms. The number of ether oxygens (including phenoxy) is 2. The molecule has 1 aromatic carbocycles. The molecule has 5 heterocycles. The molecule has 0 bridgehead atoms. The number of fused-ring (bicyclic) bond motifs is 1. The number of carbonyl (C=O) groups excluding carboxylic acids is 5. The molecule has 0 unspecified atom stereocenters. The highest BCUT2D eigenvalue weighted by atomic mass is 32.1. The van der Waals surface area contributed by atoms with Crippen LogP contribution in [0.2, 0.25) is 0 Å². The van der Waals surface area contributed by atoms with E-state index in [1.807, 2.05) is 50.4 Å². The maximum absolute atomic E-state index is 14.3. The number of likely N-dealkylation sites (tertiary alicyclic amines) is 1. The van der Waals surface area contributed by atoms with E-state index in [0.29, 0.717) is 44.0 Å². The predicted molar refractivity (Wildman–Crippen MR) is 242 cm³/mol. The number of thiazole rings is 1. The van der Waals surface area contributed by atoms with Crippen molar-refractivity contribution in [2.75, 3.05) is 46.9 Å². The molecule has 0 aliphatic carbocycles. The van der Waals surface area contributed by atoms with E-state index < -0.39 is 29.3 Å². The van der Waals surface area contributed by atoms with E-state index >= 15 is 0 Å². The van der Waals surface area contributed by atoms with Gasteiger partial charge in [-0.25, -0.2) is 10.4 Å². The third-order valence-electron chi connectivity index (χ3n) is 11.9. The van der Waals surface area contributed by atoms with Crippen molar-refractivity contribution in [3.05, 3.63) is 58.2 Å². The first-order valence-electron chi connectivity index (χ1n) is 21.6. The van der Waals surface area contributed by atoms with Crippen LogP contribution in [0.3, 0.4) is 0 Å². The Kier molecular flexibility index (Phi) is 15.4. The number of pyridine rings is 1. The Morgan fingerprint density at radius 2 is 1.94 bits per heavy atom. The fourth-order valence-corrected chi connectivity index (χ4v) is 9.44. The van der Waals surface area contributed by atoms with Crippen LogP contribution in [0.5, 0.6) is 0 Å². The molecule has 4 aromatic rings. The van der Waals surface area contributed by atoms with Crippen LogP contribution >= 0.6 is 11.3 Å². The molecule has 3 N–H and O–H groups in total. The summed E-state index contributed by atoms with van der Waals surface area (Å²) >= 11 is 1.41. The zero-order valence-electron chi connectivity index (χ0n) is 37.6. The number of benzene rings is 1. The van der Waals surface area contributed by atoms with E-state index in [2.05, 4.69) is 52.5 Å². The number of nitrogens with zero attached hydrogens (tertiary/aromatic N) is 5. The number of carbonyl (C=O) groups is 5. The van der Waals surface area contributed by atoms with Gasteiger partial charge in [-0.05, 0) is 81.2 Å². The van der Waals surface area contributed by atoms with E-state index in [1.165, 1.54) is 16.2 Å². The molecule has 0 spiro atoms. The zero-order chi connectivity index (χ0) is 45.4. The smallest absolute Gasteiger partial charge is 0.298 e. The molecular formula is C47H60N8O7S. The van der Waals surface area contributed by atoms with Crippen molar-refractivity contribution in [1.82, 2.24) is 40.5 Å². The van der Waals surface area contributed by atoms with Crippen molar-refractivity contribution < 1.29 is 33.4 Å². The van der Waals surface area contributed by atoms with Gasteiger partial charge in [0.15, 0.2) is 0 Å². The van der Waals surface area contributed by atoms with Crippen LogP contribution in [0.25, 0.3) is 33.4 Å². The highest BCUT2D eigenvalue weighted by Crippen LogP contribution is 2.39. The first-order chi connectivity index (χ1) is 30.2. The van der Waals surface area contributed by atoms with Crippen molar-refractivity contribution in [3.8, 4) is 34.4 Å². The van der Waals surface area contributed by atoms with Crippen molar-refractivity contribution in [2.45, 2.75) is 91.8 Å². The number of aromatic amines is 1. The van der Waals surface area contributed by atoms with Crippen molar-refractivity contribution in [3.63, 3.8) is 0 Å². The maximum atomic E-state index is 14.3. The molecule has 2 aliphatic heterocycles. The summed E-state index contributed by atoms with van der Waals surface area (Å²) < 4.78 is 11.0. The minimum Gasteiger partial charge on any atom is -0.467 e. The fraction of sp³-hybridized carbons (Fsp3) is 0.511.